The first-order valence-electron chi connectivity index (χ1n) is 10.9. The summed E-state index contributed by atoms with van der Waals surface area (Å²) in [6.45, 7) is 3.82. The summed E-state index contributed by atoms with van der Waals surface area (Å²) in [5.41, 5.74) is -1.15. The monoisotopic (exact) mass is 417 g/mol. The molecule has 8 heteroatoms. The highest BCUT2D eigenvalue weighted by atomic mass is 16.5. The maximum atomic E-state index is 13.6. The second kappa shape index (κ2) is 8.15. The molecule has 0 radical (unpaired) electrons. The van der Waals surface area contributed by atoms with Gasteiger partial charge in [0.1, 0.15) is 11.6 Å². The van der Waals surface area contributed by atoms with Crippen LogP contribution in [0.15, 0.2) is 24.3 Å². The zero-order valence-electron chi connectivity index (χ0n) is 17.7. The molecule has 0 bridgehead atoms. The number of amides is 3. The van der Waals surface area contributed by atoms with E-state index in [9.17, 15) is 19.5 Å². The van der Waals surface area contributed by atoms with E-state index in [0.29, 0.717) is 26.1 Å². The van der Waals surface area contributed by atoms with Crippen molar-refractivity contribution in [2.24, 2.45) is 11.8 Å². The molecule has 1 unspecified atom stereocenters. The van der Waals surface area contributed by atoms with E-state index >= 15 is 0 Å². The summed E-state index contributed by atoms with van der Waals surface area (Å²) in [6.07, 6.45) is 9.21. The summed E-state index contributed by atoms with van der Waals surface area (Å²) in [5, 5.41) is 9.35. The highest BCUT2D eigenvalue weighted by Gasteiger charge is 2.71. The Morgan fingerprint density at radius 3 is 2.63 bits per heavy atom. The van der Waals surface area contributed by atoms with Crippen LogP contribution in [0.1, 0.15) is 26.2 Å². The lowest BCUT2D eigenvalue weighted by atomic mass is 9.77. The molecule has 4 heterocycles. The maximum Gasteiger partial charge on any atom is 0.249 e. The Bertz CT molecular complexity index is 781. The lowest BCUT2D eigenvalue weighted by Crippen LogP contribution is -2.55. The Labute approximate surface area is 177 Å². The second-order valence-corrected chi connectivity index (χ2v) is 8.64. The fraction of sp³-hybridized carbons (Fsp3) is 0.682. The minimum Gasteiger partial charge on any atom is -0.396 e. The zero-order valence-corrected chi connectivity index (χ0v) is 17.7. The maximum absolute atomic E-state index is 13.6. The van der Waals surface area contributed by atoms with E-state index in [1.807, 2.05) is 24.3 Å². The predicted molar refractivity (Wildman–Crippen MR) is 109 cm³/mol. The van der Waals surface area contributed by atoms with Gasteiger partial charge in [0.15, 0.2) is 0 Å². The van der Waals surface area contributed by atoms with E-state index in [4.69, 9.17) is 4.74 Å². The van der Waals surface area contributed by atoms with Crippen LogP contribution >= 0.6 is 0 Å². The van der Waals surface area contributed by atoms with Gasteiger partial charge in [-0.3, -0.25) is 14.4 Å². The van der Waals surface area contributed by atoms with Crippen LogP contribution in [0.3, 0.4) is 0 Å². The molecule has 5 atom stereocenters. The van der Waals surface area contributed by atoms with Crippen molar-refractivity contribution in [3.63, 3.8) is 0 Å². The number of carbonyl (C=O) groups is 3. The largest absolute Gasteiger partial charge is 0.396 e. The van der Waals surface area contributed by atoms with Crippen molar-refractivity contribution in [1.82, 2.24) is 14.7 Å². The fourth-order valence-electron chi connectivity index (χ4n) is 5.34. The number of hydrogen-bond donors (Lipinski definition) is 1. The van der Waals surface area contributed by atoms with Gasteiger partial charge in [0.25, 0.3) is 0 Å². The number of aliphatic hydroxyl groups is 1. The first kappa shape index (κ1) is 21.1. The number of aliphatic hydroxyl groups excluding tert-OH is 1. The van der Waals surface area contributed by atoms with E-state index in [-0.39, 0.29) is 30.9 Å². The molecule has 8 nitrogen and oxygen atoms in total. The van der Waals surface area contributed by atoms with Gasteiger partial charge in [-0.1, -0.05) is 37.6 Å². The smallest absolute Gasteiger partial charge is 0.249 e. The number of likely N-dealkylation sites (tertiary alicyclic amines) is 1. The SMILES string of the molecule is CCCCN1CC=C[C@]23O[C@H]4C=CCN(C)C(=O)[C@H]4[C@H]2C(=O)N(CCCO)C3C1=O. The van der Waals surface area contributed by atoms with Crippen LogP contribution < -0.4 is 0 Å². The fourth-order valence-corrected chi connectivity index (χ4v) is 5.34. The molecule has 0 saturated carbocycles. The van der Waals surface area contributed by atoms with E-state index in [2.05, 4.69) is 6.92 Å². The van der Waals surface area contributed by atoms with Crippen molar-refractivity contribution in [3.8, 4) is 0 Å². The van der Waals surface area contributed by atoms with Crippen molar-refractivity contribution in [3.05, 3.63) is 24.3 Å². The number of likely N-dealkylation sites (N-methyl/N-ethyl adjacent to an activating group) is 1. The van der Waals surface area contributed by atoms with Gasteiger partial charge < -0.3 is 24.5 Å². The molecular formula is C22H31N3O5. The molecule has 0 aromatic rings. The first-order valence-corrected chi connectivity index (χ1v) is 10.9. The summed E-state index contributed by atoms with van der Waals surface area (Å²) in [6, 6.07) is -0.810. The van der Waals surface area contributed by atoms with Gasteiger partial charge in [0.2, 0.25) is 17.7 Å². The van der Waals surface area contributed by atoms with Gasteiger partial charge in [-0.15, -0.1) is 0 Å². The Morgan fingerprint density at radius 1 is 1.10 bits per heavy atom. The molecular weight excluding hydrogens is 386 g/mol. The van der Waals surface area contributed by atoms with Gasteiger partial charge in [-0.2, -0.15) is 0 Å². The van der Waals surface area contributed by atoms with Crippen molar-refractivity contribution >= 4 is 17.7 Å². The zero-order chi connectivity index (χ0) is 21.5. The number of fused-ring (bicyclic) bond motifs is 2. The van der Waals surface area contributed by atoms with E-state index in [1.54, 1.807) is 21.7 Å². The molecule has 4 aliphatic rings. The molecule has 1 N–H and O–H groups in total. The third kappa shape index (κ3) is 3.08. The summed E-state index contributed by atoms with van der Waals surface area (Å²) < 4.78 is 6.47. The molecule has 4 aliphatic heterocycles. The van der Waals surface area contributed by atoms with E-state index in [0.717, 1.165) is 12.8 Å². The Balaban J connectivity index is 1.78. The highest BCUT2D eigenvalue weighted by molar-refractivity contribution is 5.99. The molecule has 2 saturated heterocycles. The van der Waals surface area contributed by atoms with Crippen molar-refractivity contribution < 1.29 is 24.2 Å². The standard InChI is InChI=1S/C22H31N3O5/c1-3-4-11-24-12-6-9-22-17(16-15(30-22)8-5-10-23(2)19(16)27)20(28)25(13-7-14-26)18(22)21(24)29/h5-6,8-9,15-18,26H,3-4,7,10-14H2,1-2H3/t15-,16+,17-,18?,22-/m0/s1. The van der Waals surface area contributed by atoms with Gasteiger partial charge in [0.05, 0.1) is 17.9 Å². The number of ether oxygens (including phenoxy) is 1. The lowest BCUT2D eigenvalue weighted by Gasteiger charge is -2.35. The first-order chi connectivity index (χ1) is 14.5. The van der Waals surface area contributed by atoms with Crippen LogP contribution in [0.5, 0.6) is 0 Å². The minimum atomic E-state index is -1.15. The molecule has 0 aliphatic carbocycles. The third-order valence-corrected chi connectivity index (χ3v) is 6.78. The average Bonchev–Trinajstić information content (AvgIpc) is 3.05. The van der Waals surface area contributed by atoms with Gasteiger partial charge in [-0.25, -0.2) is 0 Å². The summed E-state index contributed by atoms with van der Waals surface area (Å²) in [7, 11) is 1.72. The molecule has 0 aromatic heterocycles. The average molecular weight is 418 g/mol. The van der Waals surface area contributed by atoms with Crippen molar-refractivity contribution in [2.45, 2.75) is 43.9 Å². The lowest BCUT2D eigenvalue weighted by molar-refractivity contribution is -0.148. The highest BCUT2D eigenvalue weighted by Crippen LogP contribution is 2.53. The topological polar surface area (TPSA) is 90.4 Å². The molecule has 1 spiro atoms. The Kier molecular flexibility index (Phi) is 5.72. The second-order valence-electron chi connectivity index (χ2n) is 8.64. The van der Waals surface area contributed by atoms with Gasteiger partial charge in [-0.05, 0) is 12.8 Å². The number of carbonyl (C=O) groups excluding carboxylic acids is 3. The number of unbranched alkanes of at least 4 members (excludes halogenated alkanes) is 1. The third-order valence-electron chi connectivity index (χ3n) is 6.78. The number of nitrogens with zero attached hydrogens (tertiary/aromatic N) is 3. The number of hydrogen-bond acceptors (Lipinski definition) is 5. The van der Waals surface area contributed by atoms with Crippen molar-refractivity contribution in [1.29, 1.82) is 0 Å². The summed E-state index contributed by atoms with van der Waals surface area (Å²) in [5.74, 6) is -1.88. The van der Waals surface area contributed by atoms with Crippen LogP contribution in [0.4, 0.5) is 0 Å². The summed E-state index contributed by atoms with van der Waals surface area (Å²) >= 11 is 0. The molecule has 164 valence electrons. The molecule has 0 aromatic carbocycles. The Hall–Kier alpha value is -2.19. The molecule has 3 amide bonds. The van der Waals surface area contributed by atoms with Crippen LogP contribution in [0.2, 0.25) is 0 Å². The molecule has 2 fully saturated rings. The van der Waals surface area contributed by atoms with Gasteiger partial charge >= 0.3 is 0 Å². The molecule has 4 rings (SSSR count). The van der Waals surface area contributed by atoms with E-state index < -0.39 is 29.6 Å². The predicted octanol–water partition coefficient (Wildman–Crippen LogP) is 0.176. The van der Waals surface area contributed by atoms with Crippen LogP contribution in [-0.4, -0.2) is 95.1 Å². The van der Waals surface area contributed by atoms with E-state index in [1.165, 1.54) is 0 Å². The minimum absolute atomic E-state index is 0.0743. The molecule has 30 heavy (non-hydrogen) atoms. The quantitative estimate of drug-likeness (QED) is 0.623. The number of rotatable bonds is 6. The van der Waals surface area contributed by atoms with Crippen LogP contribution in [0.25, 0.3) is 0 Å². The Morgan fingerprint density at radius 2 is 1.90 bits per heavy atom. The van der Waals surface area contributed by atoms with Crippen LogP contribution in [-0.2, 0) is 19.1 Å². The van der Waals surface area contributed by atoms with Crippen LogP contribution in [0, 0.1) is 11.8 Å². The van der Waals surface area contributed by atoms with Gasteiger partial charge in [0, 0.05) is 39.8 Å². The summed E-state index contributed by atoms with van der Waals surface area (Å²) in [4.78, 5) is 45.4. The normalized spacial score (nSPS) is 35.4. The van der Waals surface area contributed by atoms with Crippen molar-refractivity contribution in [2.75, 3.05) is 39.8 Å².